The molecule has 1 saturated heterocycles. The highest BCUT2D eigenvalue weighted by molar-refractivity contribution is 9.10. The Morgan fingerprint density at radius 2 is 1.91 bits per heavy atom. The number of ether oxygens (including phenoxy) is 1. The second kappa shape index (κ2) is 7.62. The molecule has 0 bridgehead atoms. The largest absolute Gasteiger partial charge is 0.488 e. The highest BCUT2D eigenvalue weighted by atomic mass is 79.9. The molecule has 1 aliphatic rings. The molecule has 0 aliphatic carbocycles. The Morgan fingerprint density at radius 3 is 2.65 bits per heavy atom. The van der Waals surface area contributed by atoms with Crippen molar-refractivity contribution in [2.24, 2.45) is 5.92 Å². The van der Waals surface area contributed by atoms with E-state index in [4.69, 9.17) is 4.74 Å². The first-order chi connectivity index (χ1) is 11.2. The van der Waals surface area contributed by atoms with Crippen molar-refractivity contribution in [3.63, 3.8) is 0 Å². The van der Waals surface area contributed by atoms with Crippen LogP contribution in [0.2, 0.25) is 0 Å². The van der Waals surface area contributed by atoms with Crippen LogP contribution in [0.15, 0.2) is 53.0 Å². The lowest BCUT2D eigenvalue weighted by Crippen LogP contribution is -2.48. The van der Waals surface area contributed by atoms with Gasteiger partial charge in [0, 0.05) is 35.6 Å². The molecule has 2 aromatic carbocycles. The first kappa shape index (κ1) is 16.0. The molecule has 1 heterocycles. The van der Waals surface area contributed by atoms with Gasteiger partial charge in [-0.1, -0.05) is 46.3 Å². The van der Waals surface area contributed by atoms with Crippen LogP contribution in [0.3, 0.4) is 0 Å². The summed E-state index contributed by atoms with van der Waals surface area (Å²) >= 11 is 3.51. The van der Waals surface area contributed by atoms with Gasteiger partial charge in [-0.15, -0.1) is 0 Å². The molecule has 0 spiro atoms. The van der Waals surface area contributed by atoms with Crippen molar-refractivity contribution in [3.05, 3.63) is 64.1 Å². The van der Waals surface area contributed by atoms with Crippen LogP contribution in [0.25, 0.3) is 0 Å². The van der Waals surface area contributed by atoms with Gasteiger partial charge in [-0.2, -0.15) is 0 Å². The van der Waals surface area contributed by atoms with Gasteiger partial charge in [-0.05, 0) is 18.2 Å². The normalized spacial score (nSPS) is 14.1. The Morgan fingerprint density at radius 1 is 1.17 bits per heavy atom. The van der Waals surface area contributed by atoms with Crippen LogP contribution < -0.4 is 15.4 Å². The molecular formula is C18H19BrN2O2. The van der Waals surface area contributed by atoms with Crippen molar-refractivity contribution in [1.82, 2.24) is 10.6 Å². The van der Waals surface area contributed by atoms with Crippen LogP contribution in [-0.2, 0) is 6.61 Å². The number of halogens is 1. The number of benzene rings is 2. The summed E-state index contributed by atoms with van der Waals surface area (Å²) in [7, 11) is 0. The number of rotatable bonds is 6. The predicted octanol–water partition coefficient (Wildman–Crippen LogP) is 2.98. The third-order valence-corrected chi connectivity index (χ3v) is 4.66. The summed E-state index contributed by atoms with van der Waals surface area (Å²) in [5.41, 5.74) is 1.62. The van der Waals surface area contributed by atoms with E-state index in [1.165, 1.54) is 0 Å². The Bertz CT molecular complexity index is 686. The second-order valence-corrected chi connectivity index (χ2v) is 6.46. The van der Waals surface area contributed by atoms with Crippen molar-refractivity contribution in [2.75, 3.05) is 19.6 Å². The van der Waals surface area contributed by atoms with Crippen molar-refractivity contribution in [2.45, 2.75) is 6.61 Å². The minimum atomic E-state index is -0.0837. The number of hydrogen-bond donors (Lipinski definition) is 2. The molecule has 0 saturated carbocycles. The quantitative estimate of drug-likeness (QED) is 0.816. The standard InChI is InChI=1S/C18H19BrN2O2/c19-16-7-3-1-5-14(16)12-23-17-8-4-2-6-15(17)18(22)21-11-13-9-20-10-13/h1-8,13,20H,9-12H2,(H,21,22). The molecule has 3 rings (SSSR count). The number of hydrogen-bond acceptors (Lipinski definition) is 3. The summed E-state index contributed by atoms with van der Waals surface area (Å²) in [6, 6.07) is 15.3. The SMILES string of the molecule is O=C(NCC1CNC1)c1ccccc1OCc1ccccc1Br. The molecule has 0 unspecified atom stereocenters. The van der Waals surface area contributed by atoms with Gasteiger partial charge in [-0.3, -0.25) is 4.79 Å². The van der Waals surface area contributed by atoms with E-state index in [0.717, 1.165) is 23.1 Å². The average molecular weight is 375 g/mol. The van der Waals surface area contributed by atoms with Crippen LogP contribution in [0.5, 0.6) is 5.75 Å². The minimum Gasteiger partial charge on any atom is -0.488 e. The zero-order valence-electron chi connectivity index (χ0n) is 12.7. The third kappa shape index (κ3) is 4.12. The van der Waals surface area contributed by atoms with Gasteiger partial charge in [0.25, 0.3) is 5.91 Å². The van der Waals surface area contributed by atoms with Gasteiger partial charge in [0.15, 0.2) is 0 Å². The lowest BCUT2D eigenvalue weighted by atomic mass is 10.0. The summed E-state index contributed by atoms with van der Waals surface area (Å²) in [6.07, 6.45) is 0. The molecule has 0 atom stereocenters. The van der Waals surface area contributed by atoms with Gasteiger partial charge in [-0.25, -0.2) is 0 Å². The second-order valence-electron chi connectivity index (χ2n) is 5.61. The van der Waals surface area contributed by atoms with Crippen LogP contribution in [0.4, 0.5) is 0 Å². The number of carbonyl (C=O) groups is 1. The Balaban J connectivity index is 1.65. The van der Waals surface area contributed by atoms with E-state index in [0.29, 0.717) is 30.4 Å². The molecule has 120 valence electrons. The van der Waals surface area contributed by atoms with Crippen molar-refractivity contribution >= 4 is 21.8 Å². The van der Waals surface area contributed by atoms with Gasteiger partial charge in [0.1, 0.15) is 12.4 Å². The zero-order chi connectivity index (χ0) is 16.1. The zero-order valence-corrected chi connectivity index (χ0v) is 14.3. The number of nitrogens with one attached hydrogen (secondary N) is 2. The van der Waals surface area contributed by atoms with Crippen molar-refractivity contribution < 1.29 is 9.53 Å². The van der Waals surface area contributed by atoms with E-state index >= 15 is 0 Å². The van der Waals surface area contributed by atoms with E-state index in [2.05, 4.69) is 26.6 Å². The van der Waals surface area contributed by atoms with Gasteiger partial charge in [0.05, 0.1) is 5.56 Å². The van der Waals surface area contributed by atoms with E-state index in [-0.39, 0.29) is 5.91 Å². The average Bonchev–Trinajstić information content (AvgIpc) is 2.53. The van der Waals surface area contributed by atoms with E-state index in [1.54, 1.807) is 6.07 Å². The van der Waals surface area contributed by atoms with Crippen LogP contribution >= 0.6 is 15.9 Å². The topological polar surface area (TPSA) is 50.4 Å². The molecule has 1 amide bonds. The lowest BCUT2D eigenvalue weighted by Gasteiger charge is -2.27. The van der Waals surface area contributed by atoms with Gasteiger partial charge in [0.2, 0.25) is 0 Å². The molecule has 4 nitrogen and oxygen atoms in total. The highest BCUT2D eigenvalue weighted by Gasteiger charge is 2.19. The summed E-state index contributed by atoms with van der Waals surface area (Å²) in [5.74, 6) is 1.06. The number of amides is 1. The molecule has 2 N–H and O–H groups in total. The molecule has 1 fully saturated rings. The molecule has 0 aromatic heterocycles. The maximum Gasteiger partial charge on any atom is 0.255 e. The minimum absolute atomic E-state index is 0.0837. The molecular weight excluding hydrogens is 356 g/mol. The van der Waals surface area contributed by atoms with Crippen molar-refractivity contribution in [3.8, 4) is 5.75 Å². The summed E-state index contributed by atoms with van der Waals surface area (Å²) in [6.45, 7) is 3.06. The Kier molecular flexibility index (Phi) is 5.31. The Labute approximate surface area is 144 Å². The molecule has 0 radical (unpaired) electrons. The summed E-state index contributed by atoms with van der Waals surface area (Å²) in [4.78, 5) is 12.4. The van der Waals surface area contributed by atoms with E-state index in [1.807, 2.05) is 42.5 Å². The molecule has 1 aliphatic heterocycles. The smallest absolute Gasteiger partial charge is 0.255 e. The van der Waals surface area contributed by atoms with Crippen LogP contribution in [0.1, 0.15) is 15.9 Å². The third-order valence-electron chi connectivity index (χ3n) is 3.89. The van der Waals surface area contributed by atoms with E-state index in [9.17, 15) is 4.79 Å². The van der Waals surface area contributed by atoms with Crippen LogP contribution in [0, 0.1) is 5.92 Å². The fourth-order valence-corrected chi connectivity index (χ4v) is 2.78. The van der Waals surface area contributed by atoms with Gasteiger partial charge >= 0.3 is 0 Å². The number of para-hydroxylation sites is 1. The first-order valence-corrected chi connectivity index (χ1v) is 8.47. The summed E-state index contributed by atoms with van der Waals surface area (Å²) in [5, 5.41) is 6.18. The fraction of sp³-hybridized carbons (Fsp3) is 0.278. The Hall–Kier alpha value is -1.85. The maximum atomic E-state index is 12.4. The lowest BCUT2D eigenvalue weighted by molar-refractivity contribution is 0.0937. The van der Waals surface area contributed by atoms with E-state index < -0.39 is 0 Å². The molecule has 5 heteroatoms. The van der Waals surface area contributed by atoms with Crippen molar-refractivity contribution in [1.29, 1.82) is 0 Å². The first-order valence-electron chi connectivity index (χ1n) is 7.68. The molecule has 23 heavy (non-hydrogen) atoms. The molecule has 2 aromatic rings. The fourth-order valence-electron chi connectivity index (χ4n) is 2.38. The number of carbonyl (C=O) groups excluding carboxylic acids is 1. The monoisotopic (exact) mass is 374 g/mol. The predicted molar refractivity (Wildman–Crippen MR) is 93.6 cm³/mol. The van der Waals surface area contributed by atoms with Crippen LogP contribution in [-0.4, -0.2) is 25.5 Å². The van der Waals surface area contributed by atoms with Gasteiger partial charge < -0.3 is 15.4 Å². The highest BCUT2D eigenvalue weighted by Crippen LogP contribution is 2.22. The summed E-state index contributed by atoms with van der Waals surface area (Å²) < 4.78 is 6.87. The maximum absolute atomic E-state index is 12.4.